The Balaban J connectivity index is 3.24. The van der Waals surface area contributed by atoms with Gasteiger partial charge in [0.05, 0.1) is 13.2 Å². The number of hydrogen-bond acceptors (Lipinski definition) is 10. The fourth-order valence-electron chi connectivity index (χ4n) is 2.00. The number of aliphatic hydroxyl groups excluding tert-OH is 2. The molecule has 0 aliphatic carbocycles. The van der Waals surface area contributed by atoms with Gasteiger partial charge in [-0.15, -0.1) is 0 Å². The van der Waals surface area contributed by atoms with Crippen molar-refractivity contribution >= 4 is 11.9 Å². The van der Waals surface area contributed by atoms with Gasteiger partial charge in [0.1, 0.15) is 25.4 Å². The minimum absolute atomic E-state index is 0.0870. The molecule has 0 bridgehead atoms. The van der Waals surface area contributed by atoms with Gasteiger partial charge in [0.25, 0.3) is 0 Å². The van der Waals surface area contributed by atoms with Gasteiger partial charge in [0.2, 0.25) is 0 Å². The Bertz CT molecular complexity index is 441. The highest BCUT2D eigenvalue weighted by molar-refractivity contribution is 5.81. The van der Waals surface area contributed by atoms with Crippen LogP contribution in [0.25, 0.3) is 0 Å². The van der Waals surface area contributed by atoms with Gasteiger partial charge in [0.15, 0.2) is 0 Å². The van der Waals surface area contributed by atoms with Crippen LogP contribution in [0.2, 0.25) is 0 Å². The molecule has 0 unspecified atom stereocenters. The zero-order valence-corrected chi connectivity index (χ0v) is 18.1. The lowest BCUT2D eigenvalue weighted by Gasteiger charge is -2.11. The van der Waals surface area contributed by atoms with Gasteiger partial charge in [-0.1, -0.05) is 13.2 Å². The molecular weight excluding hydrogens is 412 g/mol. The minimum Gasteiger partial charge on any atom is -0.460 e. The Morgan fingerprint density at radius 3 is 1.26 bits per heavy atom. The lowest BCUT2D eigenvalue weighted by molar-refractivity contribution is -0.142. The van der Waals surface area contributed by atoms with Crippen LogP contribution in [0.15, 0.2) is 25.3 Å². The third-order valence-electron chi connectivity index (χ3n) is 3.52. The molecule has 0 saturated heterocycles. The average Bonchev–Trinajstić information content (AvgIpc) is 2.78. The summed E-state index contributed by atoms with van der Waals surface area (Å²) in [6.07, 6.45) is 2.49. The molecule has 0 fully saturated rings. The number of hydrogen-bond donors (Lipinski definition) is 2. The third kappa shape index (κ3) is 21.2. The Kier molecular flexibility index (Phi) is 20.2. The van der Waals surface area contributed by atoms with E-state index in [4.69, 9.17) is 28.4 Å². The van der Waals surface area contributed by atoms with Gasteiger partial charge in [-0.3, -0.25) is 0 Å². The Morgan fingerprint density at radius 2 is 0.935 bits per heavy atom. The number of carbonyl (C=O) groups is 2. The Labute approximate surface area is 183 Å². The molecule has 180 valence electrons. The molecule has 0 radical (unpaired) electrons. The Morgan fingerprint density at radius 1 is 0.613 bits per heavy atom. The highest BCUT2D eigenvalue weighted by atomic mass is 16.6. The molecular formula is C21H36O10. The highest BCUT2D eigenvalue weighted by Crippen LogP contribution is 1.95. The summed E-state index contributed by atoms with van der Waals surface area (Å²) in [5.74, 6) is -1.16. The van der Waals surface area contributed by atoms with Gasteiger partial charge >= 0.3 is 11.9 Å². The molecule has 2 atom stereocenters. The first-order valence-electron chi connectivity index (χ1n) is 10.2. The standard InChI is InChI=1S/C21H36O10/c1-3-20(24)30-16-18(22)14-28-12-6-10-26-8-5-9-27-11-7-13-29-15-19(23)17-31-21(25)4-2/h3-4,18-19,22-23H,1-2,5-17H2/t18-,19-/m1/s1. The van der Waals surface area contributed by atoms with E-state index in [0.29, 0.717) is 52.5 Å². The summed E-state index contributed by atoms with van der Waals surface area (Å²) in [5, 5.41) is 19.1. The Hall–Kier alpha value is -1.82. The fraction of sp³-hybridized carbons (Fsp3) is 0.714. The van der Waals surface area contributed by atoms with E-state index >= 15 is 0 Å². The topological polar surface area (TPSA) is 130 Å². The first-order valence-corrected chi connectivity index (χ1v) is 10.2. The van der Waals surface area contributed by atoms with Crippen molar-refractivity contribution in [3.63, 3.8) is 0 Å². The molecule has 31 heavy (non-hydrogen) atoms. The molecule has 0 amide bonds. The zero-order valence-electron chi connectivity index (χ0n) is 18.1. The van der Waals surface area contributed by atoms with Crippen LogP contribution in [0, 0.1) is 0 Å². The van der Waals surface area contributed by atoms with E-state index in [1.165, 1.54) is 0 Å². The van der Waals surface area contributed by atoms with Crippen molar-refractivity contribution in [2.45, 2.75) is 31.5 Å². The van der Waals surface area contributed by atoms with E-state index in [1.54, 1.807) is 0 Å². The largest absolute Gasteiger partial charge is 0.460 e. The van der Waals surface area contributed by atoms with E-state index in [-0.39, 0.29) is 26.4 Å². The van der Waals surface area contributed by atoms with E-state index < -0.39 is 24.1 Å². The predicted molar refractivity (Wildman–Crippen MR) is 111 cm³/mol. The SMILES string of the molecule is C=CC(=O)OC[C@H](O)COCCCOCCCOCCCOC[C@@H](O)COC(=O)C=C. The van der Waals surface area contributed by atoms with Crippen LogP contribution in [0.4, 0.5) is 0 Å². The van der Waals surface area contributed by atoms with E-state index in [9.17, 15) is 19.8 Å². The van der Waals surface area contributed by atoms with Crippen molar-refractivity contribution in [1.29, 1.82) is 0 Å². The molecule has 0 aromatic rings. The maximum absolute atomic E-state index is 10.8. The molecule has 0 saturated carbocycles. The highest BCUT2D eigenvalue weighted by Gasteiger charge is 2.07. The van der Waals surface area contributed by atoms with Gasteiger partial charge in [0, 0.05) is 51.8 Å². The molecule has 0 aliphatic heterocycles. The molecule has 10 nitrogen and oxygen atoms in total. The fourth-order valence-corrected chi connectivity index (χ4v) is 2.00. The molecule has 0 aromatic carbocycles. The van der Waals surface area contributed by atoms with Crippen LogP contribution in [0.5, 0.6) is 0 Å². The van der Waals surface area contributed by atoms with Crippen LogP contribution in [0.1, 0.15) is 19.3 Å². The van der Waals surface area contributed by atoms with Gasteiger partial charge < -0.3 is 38.6 Å². The van der Waals surface area contributed by atoms with Crippen molar-refractivity contribution in [1.82, 2.24) is 0 Å². The number of ether oxygens (including phenoxy) is 6. The second-order valence-electron chi connectivity index (χ2n) is 6.41. The quantitative estimate of drug-likeness (QED) is 0.136. The second-order valence-corrected chi connectivity index (χ2v) is 6.41. The maximum atomic E-state index is 10.8. The number of rotatable bonds is 22. The van der Waals surface area contributed by atoms with Crippen LogP contribution < -0.4 is 0 Å². The lowest BCUT2D eigenvalue weighted by atomic mass is 10.4. The summed E-state index contributed by atoms with van der Waals surface area (Å²) in [6, 6.07) is 0. The zero-order chi connectivity index (χ0) is 23.2. The van der Waals surface area contributed by atoms with Crippen molar-refractivity contribution in [2.24, 2.45) is 0 Å². The first kappa shape index (κ1) is 29.2. The van der Waals surface area contributed by atoms with Gasteiger partial charge in [-0.2, -0.15) is 0 Å². The summed E-state index contributed by atoms with van der Waals surface area (Å²) in [7, 11) is 0. The van der Waals surface area contributed by atoms with E-state index in [0.717, 1.165) is 18.6 Å². The molecule has 0 spiro atoms. The molecule has 10 heteroatoms. The maximum Gasteiger partial charge on any atom is 0.330 e. The second kappa shape index (κ2) is 21.4. The van der Waals surface area contributed by atoms with Crippen molar-refractivity contribution in [3.05, 3.63) is 25.3 Å². The van der Waals surface area contributed by atoms with E-state index in [1.807, 2.05) is 0 Å². The van der Waals surface area contributed by atoms with Gasteiger partial charge in [-0.25, -0.2) is 9.59 Å². The number of carbonyl (C=O) groups excluding carboxylic acids is 2. The van der Waals surface area contributed by atoms with Crippen LogP contribution in [-0.4, -0.2) is 100 Å². The van der Waals surface area contributed by atoms with E-state index in [2.05, 4.69) is 13.2 Å². The summed E-state index contributed by atoms with van der Waals surface area (Å²) >= 11 is 0. The number of esters is 2. The molecule has 2 N–H and O–H groups in total. The molecule has 0 aliphatic rings. The molecule has 0 heterocycles. The van der Waals surface area contributed by atoms with Crippen LogP contribution in [0.3, 0.4) is 0 Å². The van der Waals surface area contributed by atoms with Crippen LogP contribution >= 0.6 is 0 Å². The summed E-state index contributed by atoms with van der Waals surface area (Å²) in [6.45, 7) is 9.57. The molecule has 0 rings (SSSR count). The monoisotopic (exact) mass is 448 g/mol. The molecule has 0 aromatic heterocycles. The predicted octanol–water partition coefficient (Wildman–Crippen LogP) is 0.403. The average molecular weight is 449 g/mol. The minimum atomic E-state index is -0.862. The van der Waals surface area contributed by atoms with Crippen molar-refractivity contribution in [2.75, 3.05) is 66.1 Å². The van der Waals surface area contributed by atoms with Crippen molar-refractivity contribution in [3.8, 4) is 0 Å². The summed E-state index contributed by atoms with van der Waals surface area (Å²) in [5.41, 5.74) is 0. The van der Waals surface area contributed by atoms with Crippen LogP contribution in [-0.2, 0) is 38.0 Å². The summed E-state index contributed by atoms with van der Waals surface area (Å²) < 4.78 is 30.8. The smallest absolute Gasteiger partial charge is 0.330 e. The van der Waals surface area contributed by atoms with Gasteiger partial charge in [-0.05, 0) is 19.3 Å². The summed E-state index contributed by atoms with van der Waals surface area (Å²) in [4.78, 5) is 21.7. The third-order valence-corrected chi connectivity index (χ3v) is 3.52. The van der Waals surface area contributed by atoms with Crippen molar-refractivity contribution < 1.29 is 48.2 Å². The normalized spacial score (nSPS) is 12.7. The number of aliphatic hydroxyl groups is 2. The first-order chi connectivity index (χ1) is 15.0. The lowest BCUT2D eigenvalue weighted by Crippen LogP contribution is -2.23.